The van der Waals surface area contributed by atoms with Crippen molar-refractivity contribution >= 4 is 51.6 Å². The van der Waals surface area contributed by atoms with Gasteiger partial charge in [0, 0.05) is 5.69 Å². The third-order valence-corrected chi connectivity index (χ3v) is 7.82. The molecule has 3 aromatic carbocycles. The number of hydrogen-bond donors (Lipinski definition) is 2. The predicted octanol–water partition coefficient (Wildman–Crippen LogP) is 4.19. The van der Waals surface area contributed by atoms with Gasteiger partial charge in [-0.05, 0) is 83.1 Å². The largest absolute Gasteiger partial charge is 0.507 e. The van der Waals surface area contributed by atoms with E-state index >= 15 is 0 Å². The van der Waals surface area contributed by atoms with Crippen LogP contribution in [0.25, 0.3) is 6.08 Å². The van der Waals surface area contributed by atoms with Crippen molar-refractivity contribution in [3.63, 3.8) is 0 Å². The van der Waals surface area contributed by atoms with E-state index in [1.165, 1.54) is 11.3 Å². The second-order valence-corrected chi connectivity index (χ2v) is 10.6. The van der Waals surface area contributed by atoms with E-state index in [1.807, 2.05) is 77.2 Å². The number of para-hydroxylation sites is 1. The maximum atomic E-state index is 13.8. The van der Waals surface area contributed by atoms with E-state index in [-0.39, 0.29) is 17.2 Å². The Morgan fingerprint density at radius 1 is 1.14 bits per heavy atom. The summed E-state index contributed by atoms with van der Waals surface area (Å²) >= 11 is 3.31. The fourth-order valence-corrected chi connectivity index (χ4v) is 5.81. The Kier molecular flexibility index (Phi) is 6.98. The zero-order valence-corrected chi connectivity index (χ0v) is 22.9. The van der Waals surface area contributed by atoms with Gasteiger partial charge in [-0.25, -0.2) is 4.99 Å². The number of aromatic nitrogens is 1. The van der Waals surface area contributed by atoms with Gasteiger partial charge in [0.05, 0.1) is 32.5 Å². The molecule has 2 N–H and O–H groups in total. The number of phenols is 1. The number of amides is 1. The topological polar surface area (TPSA) is 92.9 Å². The molecule has 1 amide bonds. The van der Waals surface area contributed by atoms with Crippen molar-refractivity contribution in [1.82, 2.24) is 4.57 Å². The summed E-state index contributed by atoms with van der Waals surface area (Å²) in [5.74, 6) is 0.473. The Balaban J connectivity index is 1.69. The molecule has 1 aliphatic rings. The van der Waals surface area contributed by atoms with Gasteiger partial charge in [-0.3, -0.25) is 14.2 Å². The highest BCUT2D eigenvalue weighted by Crippen LogP contribution is 2.32. The molecule has 7 nitrogen and oxygen atoms in total. The maximum absolute atomic E-state index is 13.8. The first-order valence-electron chi connectivity index (χ1n) is 11.4. The number of nitrogens with one attached hydrogen (secondary N) is 1. The molecule has 0 fully saturated rings. The zero-order valence-electron chi connectivity index (χ0n) is 19.9. The van der Waals surface area contributed by atoms with E-state index in [1.54, 1.807) is 42.9 Å². The highest BCUT2D eigenvalue weighted by molar-refractivity contribution is 14.1. The van der Waals surface area contributed by atoms with Crippen LogP contribution in [0.2, 0.25) is 0 Å². The van der Waals surface area contributed by atoms with Crippen LogP contribution in [-0.2, 0) is 4.79 Å². The van der Waals surface area contributed by atoms with Crippen molar-refractivity contribution in [2.24, 2.45) is 4.99 Å². The summed E-state index contributed by atoms with van der Waals surface area (Å²) in [6.07, 6.45) is 1.77. The van der Waals surface area contributed by atoms with Crippen molar-refractivity contribution in [3.8, 4) is 11.5 Å². The first-order valence-corrected chi connectivity index (χ1v) is 13.3. The summed E-state index contributed by atoms with van der Waals surface area (Å²) in [4.78, 5) is 32.6. The Morgan fingerprint density at radius 2 is 1.92 bits per heavy atom. The molecule has 1 atom stereocenters. The lowest BCUT2D eigenvalue weighted by atomic mass is 9.95. The number of carbonyl (C=O) groups excluding carboxylic acids is 1. The van der Waals surface area contributed by atoms with Gasteiger partial charge in [0.15, 0.2) is 4.80 Å². The summed E-state index contributed by atoms with van der Waals surface area (Å²) in [6, 6.07) is 21.0. The molecule has 0 saturated heterocycles. The lowest BCUT2D eigenvalue weighted by molar-refractivity contribution is -0.113. The molecule has 0 unspecified atom stereocenters. The average molecular weight is 623 g/mol. The highest BCUT2D eigenvalue weighted by atomic mass is 127. The van der Waals surface area contributed by atoms with Gasteiger partial charge in [0.1, 0.15) is 11.5 Å². The molecule has 0 aliphatic carbocycles. The second kappa shape index (κ2) is 10.3. The number of allylic oxidation sites excluding steroid dienone is 1. The quantitative estimate of drug-likeness (QED) is 0.327. The number of hydrogen-bond acceptors (Lipinski definition) is 6. The number of carbonyl (C=O) groups is 1. The van der Waals surface area contributed by atoms with Gasteiger partial charge in [-0.15, -0.1) is 0 Å². The molecular formula is C28H22IN3O4S. The number of thiazole rings is 1. The maximum Gasteiger partial charge on any atom is 0.271 e. The summed E-state index contributed by atoms with van der Waals surface area (Å²) < 4.78 is 8.17. The van der Waals surface area contributed by atoms with Crippen LogP contribution in [0.3, 0.4) is 0 Å². The third kappa shape index (κ3) is 4.96. The molecule has 4 aromatic rings. The van der Waals surface area contributed by atoms with Crippen LogP contribution in [0.4, 0.5) is 5.69 Å². The van der Waals surface area contributed by atoms with E-state index in [9.17, 15) is 14.7 Å². The van der Waals surface area contributed by atoms with Gasteiger partial charge >= 0.3 is 0 Å². The Labute approximate surface area is 230 Å². The minimum absolute atomic E-state index is 0.182. The number of ether oxygens (including phenoxy) is 1. The summed E-state index contributed by atoms with van der Waals surface area (Å²) in [5.41, 5.74) is 2.83. The van der Waals surface area contributed by atoms with Crippen LogP contribution in [0.5, 0.6) is 11.5 Å². The van der Waals surface area contributed by atoms with Crippen LogP contribution in [0, 0.1) is 3.57 Å². The standard InChI is InChI=1S/C28H22IN3O4S/c1-16-24(26(34)31-19-8-4-3-5-9-19)25(18-7-6-10-20(15-18)36-2)32-27(35)23(37-28(32)30-16)14-17-11-12-22(33)21(29)13-17/h3-15,25,33H,1-2H3,(H,31,34)/b23-14+/t25-/m0/s1. The molecule has 5 rings (SSSR count). The fraction of sp³-hybridized carbons (Fsp3) is 0.107. The molecule has 1 aromatic heterocycles. The Morgan fingerprint density at radius 3 is 2.65 bits per heavy atom. The Bertz CT molecular complexity index is 1720. The number of fused-ring (bicyclic) bond motifs is 1. The molecule has 9 heteroatoms. The number of aromatic hydroxyl groups is 1. The van der Waals surface area contributed by atoms with Crippen LogP contribution in [-0.4, -0.2) is 22.7 Å². The van der Waals surface area contributed by atoms with Gasteiger partial charge in [0.25, 0.3) is 11.5 Å². The summed E-state index contributed by atoms with van der Waals surface area (Å²) in [6.45, 7) is 1.78. The van der Waals surface area contributed by atoms with Crippen LogP contribution >= 0.6 is 33.9 Å². The lowest BCUT2D eigenvalue weighted by Crippen LogP contribution is -2.40. The molecule has 186 valence electrons. The van der Waals surface area contributed by atoms with E-state index in [0.717, 1.165) is 11.1 Å². The first kappa shape index (κ1) is 25.0. The molecule has 0 radical (unpaired) electrons. The van der Waals surface area contributed by atoms with Crippen LogP contribution in [0.1, 0.15) is 24.1 Å². The Hall–Kier alpha value is -3.70. The minimum Gasteiger partial charge on any atom is -0.507 e. The molecule has 37 heavy (non-hydrogen) atoms. The monoisotopic (exact) mass is 623 g/mol. The highest BCUT2D eigenvalue weighted by Gasteiger charge is 2.32. The lowest BCUT2D eigenvalue weighted by Gasteiger charge is -2.25. The average Bonchev–Trinajstić information content (AvgIpc) is 3.20. The van der Waals surface area contributed by atoms with Crippen molar-refractivity contribution in [2.45, 2.75) is 13.0 Å². The molecule has 0 spiro atoms. The molecule has 0 bridgehead atoms. The SMILES string of the molecule is COc1cccc([C@H]2C(C(=O)Nc3ccccc3)=C(C)N=c3s/c(=C/c4ccc(O)c(I)c4)c(=O)n32)c1. The zero-order chi connectivity index (χ0) is 26.1. The van der Waals surface area contributed by atoms with E-state index in [2.05, 4.69) is 10.3 Å². The molecule has 0 saturated carbocycles. The first-order chi connectivity index (χ1) is 17.9. The van der Waals surface area contributed by atoms with Gasteiger partial charge in [0.2, 0.25) is 0 Å². The van der Waals surface area contributed by atoms with Gasteiger partial charge in [-0.1, -0.05) is 47.7 Å². The number of anilines is 1. The van der Waals surface area contributed by atoms with E-state index < -0.39 is 6.04 Å². The van der Waals surface area contributed by atoms with Gasteiger partial charge in [-0.2, -0.15) is 0 Å². The van der Waals surface area contributed by atoms with Gasteiger partial charge < -0.3 is 15.2 Å². The van der Waals surface area contributed by atoms with Crippen LogP contribution < -0.4 is 24.9 Å². The number of methoxy groups -OCH3 is 1. The third-order valence-electron chi connectivity index (χ3n) is 5.98. The second-order valence-electron chi connectivity index (χ2n) is 8.39. The molecule has 2 heterocycles. The van der Waals surface area contributed by atoms with Crippen molar-refractivity contribution in [3.05, 3.63) is 118 Å². The summed E-state index contributed by atoms with van der Waals surface area (Å²) in [5, 5.41) is 12.8. The fourth-order valence-electron chi connectivity index (χ4n) is 4.22. The minimum atomic E-state index is -0.697. The smallest absolute Gasteiger partial charge is 0.271 e. The number of rotatable bonds is 5. The van der Waals surface area contributed by atoms with Crippen molar-refractivity contribution in [1.29, 1.82) is 0 Å². The number of benzene rings is 3. The predicted molar refractivity (Wildman–Crippen MR) is 153 cm³/mol. The normalized spacial score (nSPS) is 15.2. The van der Waals surface area contributed by atoms with Crippen molar-refractivity contribution in [2.75, 3.05) is 12.4 Å². The van der Waals surface area contributed by atoms with E-state index in [4.69, 9.17) is 4.74 Å². The van der Waals surface area contributed by atoms with Crippen LogP contribution in [0.15, 0.2) is 93.9 Å². The number of halogens is 1. The van der Waals surface area contributed by atoms with E-state index in [0.29, 0.717) is 35.6 Å². The summed E-state index contributed by atoms with van der Waals surface area (Å²) in [7, 11) is 1.58. The van der Waals surface area contributed by atoms with Crippen molar-refractivity contribution < 1.29 is 14.6 Å². The number of nitrogens with zero attached hydrogens (tertiary/aromatic N) is 2. The number of phenolic OH excluding ortho intramolecular Hbond substituents is 1. The molecule has 1 aliphatic heterocycles. The molecular weight excluding hydrogens is 601 g/mol.